The Kier molecular flexibility index (Phi) is 7.76. The Labute approximate surface area is 382 Å². The number of Topliss-reactive ketones (excluding diaryl/α,β-unsaturated/α-hetero) is 2. The summed E-state index contributed by atoms with van der Waals surface area (Å²) in [6.45, 7) is 12.8. The highest BCUT2D eigenvalue weighted by molar-refractivity contribution is 6.46. The van der Waals surface area contributed by atoms with Gasteiger partial charge in [-0.15, -0.1) is 0 Å². The molecular weight excluding hydrogens is 809 g/mol. The van der Waals surface area contributed by atoms with Crippen molar-refractivity contribution >= 4 is 55.7 Å². The Morgan fingerprint density at radius 3 is 1.27 bits per heavy atom. The molecule has 0 radical (unpaired) electrons. The average Bonchev–Trinajstić information content (AvgIpc) is 4.17. The Hall–Kier alpha value is -7.96. The molecule has 8 aromatic rings. The van der Waals surface area contributed by atoms with Crippen molar-refractivity contribution in [3.8, 4) is 0 Å². The molecule has 66 heavy (non-hydrogen) atoms. The molecule has 2 unspecified atom stereocenters. The van der Waals surface area contributed by atoms with E-state index in [9.17, 15) is 0 Å². The molecule has 316 valence electrons. The molecule has 13 rings (SSSR count). The molecule has 2 N–H and O–H groups in total. The van der Waals surface area contributed by atoms with Crippen LogP contribution in [0.15, 0.2) is 167 Å². The van der Waals surface area contributed by atoms with Gasteiger partial charge in [0.05, 0.1) is 22.8 Å². The van der Waals surface area contributed by atoms with Crippen LogP contribution in [0.4, 0.5) is 0 Å². The fourth-order valence-corrected chi connectivity index (χ4v) is 12.5. The van der Waals surface area contributed by atoms with Gasteiger partial charge in [0.15, 0.2) is 11.6 Å². The summed E-state index contributed by atoms with van der Waals surface area (Å²) >= 11 is 0. The van der Waals surface area contributed by atoms with Gasteiger partial charge in [-0.25, -0.2) is 0 Å². The van der Waals surface area contributed by atoms with E-state index >= 15 is 9.59 Å². The number of aromatic nitrogens is 2. The quantitative estimate of drug-likeness (QED) is 0.181. The molecule has 6 aromatic carbocycles. The Morgan fingerprint density at radius 1 is 0.439 bits per heavy atom. The molecule has 3 aliphatic heterocycles. The van der Waals surface area contributed by atoms with Crippen molar-refractivity contribution in [1.82, 2.24) is 9.97 Å². The first kappa shape index (κ1) is 38.5. The summed E-state index contributed by atoms with van der Waals surface area (Å²) in [5, 5.41) is 3.92. The molecule has 2 aromatic heterocycles. The lowest BCUT2D eigenvalue weighted by atomic mass is 9.71. The first-order chi connectivity index (χ1) is 32.0. The van der Waals surface area contributed by atoms with Gasteiger partial charge in [-0.05, 0) is 156 Å². The summed E-state index contributed by atoms with van der Waals surface area (Å²) in [6.07, 6.45) is 8.18. The molecule has 5 heterocycles. The van der Waals surface area contributed by atoms with Crippen molar-refractivity contribution in [3.05, 3.63) is 247 Å². The number of allylic oxidation sites excluding steroid dienone is 4. The molecule has 2 aliphatic carbocycles. The average molecular weight is 853 g/mol. The van der Waals surface area contributed by atoms with Crippen LogP contribution in [0.5, 0.6) is 0 Å². The first-order valence-electron chi connectivity index (χ1n) is 22.7. The van der Waals surface area contributed by atoms with E-state index in [4.69, 9.17) is 9.98 Å². The molecule has 0 saturated carbocycles. The number of ketones is 2. The van der Waals surface area contributed by atoms with Crippen LogP contribution >= 0.6 is 0 Å². The third kappa shape index (κ3) is 4.80. The number of carbonyl (C=O) groups is 2. The molecule has 8 bridgehead atoms. The number of rotatable bonds is 2. The Bertz CT molecular complexity index is 3610. The molecule has 5 aliphatic rings. The summed E-state index contributed by atoms with van der Waals surface area (Å²) in [7, 11) is 0. The van der Waals surface area contributed by atoms with Crippen molar-refractivity contribution < 1.29 is 9.59 Å². The minimum Gasteiger partial charge on any atom is -0.357 e. The van der Waals surface area contributed by atoms with Crippen LogP contribution in [0.3, 0.4) is 0 Å². The topological polar surface area (TPSA) is 90.4 Å². The summed E-state index contributed by atoms with van der Waals surface area (Å²) in [5.74, 6) is -0.0402. The van der Waals surface area contributed by atoms with Gasteiger partial charge < -0.3 is 9.97 Å². The number of benzene rings is 6. The fraction of sp³-hybridized carbons (Fsp3) is 0.133. The standard InChI is InChI=1S/C60H44N4O2/c1-31-27-33(3)51(34(4)28-31)55-43-19-23-47(61-43)59(41-17-9-13-37-11-7-15-39(53(37)41)57(59)65)49-25-21-45(63-49)56(52-35(5)29-32(2)30-36(52)6)46-22-26-50(64-46)60(48-24-20-44(55)62-48)42-18-10-14-38-12-8-16-40(54(38)42)58(60)66/h7-30,61,63H,1-6H3/b55-44-,56-46+. The number of hydrogen-bond donors (Lipinski definition) is 2. The second kappa shape index (κ2) is 13.3. The lowest BCUT2D eigenvalue weighted by Crippen LogP contribution is -2.46. The smallest absolute Gasteiger partial charge is 0.186 e. The highest BCUT2D eigenvalue weighted by Gasteiger charge is 2.56. The van der Waals surface area contributed by atoms with E-state index in [1.807, 2.05) is 42.5 Å². The zero-order valence-corrected chi connectivity index (χ0v) is 37.6. The number of aliphatic imine (C=N–C) groups is 2. The maximum atomic E-state index is 15.7. The van der Waals surface area contributed by atoms with Crippen LogP contribution in [-0.4, -0.2) is 33.0 Å². The highest BCUT2D eigenvalue weighted by Crippen LogP contribution is 2.53. The summed E-state index contributed by atoms with van der Waals surface area (Å²) < 4.78 is 0. The van der Waals surface area contributed by atoms with Gasteiger partial charge in [0.2, 0.25) is 0 Å². The van der Waals surface area contributed by atoms with E-state index in [2.05, 4.69) is 155 Å². The number of H-pyrrole nitrogens is 2. The van der Waals surface area contributed by atoms with Crippen LogP contribution in [-0.2, 0) is 10.8 Å². The number of nitrogens with zero attached hydrogens (tertiary/aromatic N) is 2. The van der Waals surface area contributed by atoms with Crippen molar-refractivity contribution in [3.63, 3.8) is 0 Å². The molecule has 2 atom stereocenters. The second-order valence-electron chi connectivity index (χ2n) is 18.9. The van der Waals surface area contributed by atoms with Crippen molar-refractivity contribution in [2.75, 3.05) is 0 Å². The maximum absolute atomic E-state index is 15.7. The minimum absolute atomic E-state index is 0.00332. The number of nitrogens with one attached hydrogen (secondary N) is 2. The normalized spacial score (nSPS) is 22.3. The second-order valence-corrected chi connectivity index (χ2v) is 18.9. The van der Waals surface area contributed by atoms with Crippen molar-refractivity contribution in [2.24, 2.45) is 9.98 Å². The first-order valence-corrected chi connectivity index (χ1v) is 22.7. The number of aryl methyl sites for hydroxylation is 6. The predicted molar refractivity (Wildman–Crippen MR) is 266 cm³/mol. The van der Waals surface area contributed by atoms with Gasteiger partial charge in [-0.3, -0.25) is 19.6 Å². The number of aromatic amines is 2. The molecular formula is C60H44N4O2. The monoisotopic (exact) mass is 852 g/mol. The molecule has 6 nitrogen and oxygen atoms in total. The highest BCUT2D eigenvalue weighted by atomic mass is 16.1. The summed E-state index contributed by atoms with van der Waals surface area (Å²) in [4.78, 5) is 50.5. The number of carbonyl (C=O) groups excluding carboxylic acids is 2. The van der Waals surface area contributed by atoms with E-state index in [1.165, 1.54) is 11.1 Å². The lowest BCUT2D eigenvalue weighted by molar-refractivity contribution is 0.0939. The van der Waals surface area contributed by atoms with Gasteiger partial charge in [0.25, 0.3) is 0 Å². The Morgan fingerprint density at radius 2 is 0.833 bits per heavy atom. The zero-order valence-electron chi connectivity index (χ0n) is 37.6. The van der Waals surface area contributed by atoms with E-state index < -0.39 is 10.8 Å². The van der Waals surface area contributed by atoms with Crippen LogP contribution in [0.2, 0.25) is 0 Å². The third-order valence-electron chi connectivity index (χ3n) is 14.9. The van der Waals surface area contributed by atoms with E-state index in [0.29, 0.717) is 22.6 Å². The largest absolute Gasteiger partial charge is 0.357 e. The fourth-order valence-electron chi connectivity index (χ4n) is 12.5. The summed E-state index contributed by atoms with van der Waals surface area (Å²) in [6, 6.07) is 41.7. The molecule has 6 heteroatoms. The maximum Gasteiger partial charge on any atom is 0.186 e. The van der Waals surface area contributed by atoms with Crippen LogP contribution in [0, 0.1) is 41.5 Å². The number of hydrogen-bond acceptors (Lipinski definition) is 4. The molecule has 0 fully saturated rings. The SMILES string of the molecule is Cc1cc(C)c(/C2=C3\C=CC(=N3)C3(C(=O)c4cccc5cccc3c45)C3=N/C(=C(\c4c(C)cc(C)cc4C)c4ccc([nH]4)C4(C(=O)c5cccc6cccc4c56)c4ccc2[nH]4)C=C3)c(C)c1. The lowest BCUT2D eigenvalue weighted by Gasteiger charge is -2.29. The number of fused-ring (bicyclic) bond motifs is 12. The van der Waals surface area contributed by atoms with Crippen LogP contribution in [0.25, 0.3) is 32.7 Å². The van der Waals surface area contributed by atoms with E-state index in [0.717, 1.165) is 111 Å². The van der Waals surface area contributed by atoms with Gasteiger partial charge >= 0.3 is 0 Å². The van der Waals surface area contributed by atoms with Crippen molar-refractivity contribution in [2.45, 2.75) is 52.4 Å². The van der Waals surface area contributed by atoms with Gasteiger partial charge in [-0.2, -0.15) is 0 Å². The molecule has 2 spiro atoms. The van der Waals surface area contributed by atoms with E-state index in [1.54, 1.807) is 0 Å². The minimum atomic E-state index is -1.34. The molecule has 0 amide bonds. The van der Waals surface area contributed by atoms with Crippen molar-refractivity contribution in [1.29, 1.82) is 0 Å². The van der Waals surface area contributed by atoms with Gasteiger partial charge in [0.1, 0.15) is 10.8 Å². The van der Waals surface area contributed by atoms with Gasteiger partial charge in [-0.1, -0.05) is 108 Å². The summed E-state index contributed by atoms with van der Waals surface area (Å²) in [5.41, 5.74) is 17.0. The Balaban J connectivity index is 1.19. The van der Waals surface area contributed by atoms with Crippen LogP contribution < -0.4 is 0 Å². The van der Waals surface area contributed by atoms with Gasteiger partial charge in [0, 0.05) is 45.0 Å². The zero-order chi connectivity index (χ0) is 45.0. The van der Waals surface area contributed by atoms with E-state index in [-0.39, 0.29) is 11.6 Å². The molecule has 0 saturated heterocycles. The van der Waals surface area contributed by atoms with Crippen LogP contribution in [0.1, 0.15) is 99.1 Å². The predicted octanol–water partition coefficient (Wildman–Crippen LogP) is 12.7. The third-order valence-corrected chi connectivity index (χ3v) is 14.9.